The van der Waals surface area contributed by atoms with E-state index in [9.17, 15) is 9.59 Å². The highest BCUT2D eigenvalue weighted by Gasteiger charge is 2.18. The second-order valence-electron chi connectivity index (χ2n) is 7.21. The molecule has 152 valence electrons. The van der Waals surface area contributed by atoms with Crippen molar-refractivity contribution in [3.63, 3.8) is 0 Å². The van der Waals surface area contributed by atoms with Gasteiger partial charge in [-0.05, 0) is 23.8 Å². The molecule has 1 atom stereocenters. The molecule has 31 heavy (non-hydrogen) atoms. The average Bonchev–Trinajstić information content (AvgIpc) is 3.19. The van der Waals surface area contributed by atoms with Crippen LogP contribution in [-0.4, -0.2) is 23.0 Å². The summed E-state index contributed by atoms with van der Waals surface area (Å²) >= 11 is 0. The lowest BCUT2D eigenvalue weighted by molar-refractivity contribution is -0.118. The van der Waals surface area contributed by atoms with Crippen LogP contribution in [0, 0.1) is 0 Å². The van der Waals surface area contributed by atoms with Crippen molar-refractivity contribution in [1.82, 2.24) is 4.98 Å². The number of carbonyl (C=O) groups is 2. The normalized spacial score (nSPS) is 12.7. The third kappa shape index (κ3) is 4.73. The highest BCUT2D eigenvalue weighted by molar-refractivity contribution is 6.12. The summed E-state index contributed by atoms with van der Waals surface area (Å²) in [4.78, 5) is 30.6. The van der Waals surface area contributed by atoms with Gasteiger partial charge in [0.15, 0.2) is 0 Å². The molecule has 4 aromatic rings. The van der Waals surface area contributed by atoms with E-state index in [0.29, 0.717) is 5.56 Å². The molecule has 0 saturated carbocycles. The molecule has 0 aliphatic carbocycles. The molecule has 3 aromatic carbocycles. The van der Waals surface area contributed by atoms with Crippen molar-refractivity contribution in [2.45, 2.75) is 12.3 Å². The first kappa shape index (κ1) is 20.2. The molecular formula is C26H21N3O2. The number of primary amides is 1. The lowest BCUT2D eigenvalue weighted by Gasteiger charge is -2.16. The molecule has 1 unspecified atom stereocenters. The second kappa shape index (κ2) is 9.13. The Hall–Kier alpha value is -4.12. The summed E-state index contributed by atoms with van der Waals surface area (Å²) < 4.78 is 0. The minimum atomic E-state index is -0.321. The molecule has 5 nitrogen and oxygen atoms in total. The van der Waals surface area contributed by atoms with Gasteiger partial charge in [0.1, 0.15) is 0 Å². The monoisotopic (exact) mass is 407 g/mol. The highest BCUT2D eigenvalue weighted by atomic mass is 16.1. The zero-order valence-electron chi connectivity index (χ0n) is 16.8. The maximum atomic E-state index is 11.4. The quantitative estimate of drug-likeness (QED) is 0.540. The van der Waals surface area contributed by atoms with E-state index in [2.05, 4.69) is 4.99 Å². The number of para-hydroxylation sites is 1. The number of pyridine rings is 1. The van der Waals surface area contributed by atoms with Crippen LogP contribution in [-0.2, 0) is 4.79 Å². The fourth-order valence-corrected chi connectivity index (χ4v) is 3.56. The van der Waals surface area contributed by atoms with Crippen molar-refractivity contribution in [2.75, 3.05) is 0 Å². The van der Waals surface area contributed by atoms with Crippen LogP contribution in [0.5, 0.6) is 0 Å². The molecule has 1 aliphatic heterocycles. The molecule has 2 amide bonds. The number of aliphatic imine (C=N–C) groups is 1. The minimum Gasteiger partial charge on any atom is -0.370 e. The van der Waals surface area contributed by atoms with Gasteiger partial charge in [0.05, 0.1) is 11.1 Å². The van der Waals surface area contributed by atoms with Crippen LogP contribution in [0.1, 0.15) is 39.5 Å². The number of amides is 2. The number of rotatable bonds is 4. The predicted molar refractivity (Wildman–Crippen MR) is 122 cm³/mol. The van der Waals surface area contributed by atoms with Gasteiger partial charge in [-0.1, -0.05) is 72.8 Å². The summed E-state index contributed by atoms with van der Waals surface area (Å²) in [6.45, 7) is 0. The molecule has 5 heteroatoms. The van der Waals surface area contributed by atoms with Gasteiger partial charge >= 0.3 is 0 Å². The summed E-state index contributed by atoms with van der Waals surface area (Å²) in [5.74, 6) is -0.553. The first-order chi connectivity index (χ1) is 15.1. The van der Waals surface area contributed by atoms with Crippen molar-refractivity contribution in [3.05, 3.63) is 113 Å². The molecule has 2 N–H and O–H groups in total. The lowest BCUT2D eigenvalue weighted by Crippen LogP contribution is -2.17. The van der Waals surface area contributed by atoms with E-state index in [1.165, 1.54) is 0 Å². The van der Waals surface area contributed by atoms with Gasteiger partial charge in [-0.15, -0.1) is 0 Å². The van der Waals surface area contributed by atoms with E-state index in [-0.39, 0.29) is 24.2 Å². The topological polar surface area (TPSA) is 85.4 Å². The van der Waals surface area contributed by atoms with Crippen LogP contribution in [0.3, 0.4) is 0 Å². The molecule has 1 aliphatic rings. The second-order valence-corrected chi connectivity index (χ2v) is 7.21. The number of aromatic nitrogens is 1. The van der Waals surface area contributed by atoms with Crippen molar-refractivity contribution >= 4 is 28.9 Å². The fourth-order valence-electron chi connectivity index (χ4n) is 3.56. The standard InChI is InChI=1S/C18H16N2O.C8H5NO/c19-18(21)12-15(13-6-2-1-3-7-13)17-11-10-14-8-4-5-9-16(14)20-17;10-8-7-4-2-1-3-6(7)5-9-8/h1-11,15H,12H2,(H2,19,21);1-5H. The van der Waals surface area contributed by atoms with Crippen LogP contribution in [0.15, 0.2) is 96.0 Å². The summed E-state index contributed by atoms with van der Waals surface area (Å²) in [5.41, 5.74) is 9.91. The molecule has 0 radical (unpaired) electrons. The fraction of sp³-hybridized carbons (Fsp3) is 0.0769. The SMILES string of the molecule is NC(=O)CC(c1ccccc1)c1ccc2ccccc2n1.O=C1N=Cc2ccccc21. The molecule has 2 heterocycles. The van der Waals surface area contributed by atoms with E-state index in [1.54, 1.807) is 12.3 Å². The van der Waals surface area contributed by atoms with Crippen LogP contribution >= 0.6 is 0 Å². The zero-order chi connectivity index (χ0) is 21.6. The molecular weight excluding hydrogens is 386 g/mol. The third-order valence-corrected chi connectivity index (χ3v) is 5.10. The van der Waals surface area contributed by atoms with Crippen molar-refractivity contribution < 1.29 is 9.59 Å². The number of benzene rings is 3. The van der Waals surface area contributed by atoms with Crippen molar-refractivity contribution in [3.8, 4) is 0 Å². The Morgan fingerprint density at radius 2 is 1.55 bits per heavy atom. The maximum Gasteiger partial charge on any atom is 0.277 e. The van der Waals surface area contributed by atoms with Crippen LogP contribution < -0.4 is 5.73 Å². The molecule has 1 aromatic heterocycles. The zero-order valence-corrected chi connectivity index (χ0v) is 16.8. The van der Waals surface area contributed by atoms with Crippen molar-refractivity contribution in [2.24, 2.45) is 10.7 Å². The first-order valence-corrected chi connectivity index (χ1v) is 9.98. The van der Waals surface area contributed by atoms with Gasteiger partial charge in [-0.3, -0.25) is 14.6 Å². The molecule has 5 rings (SSSR count). The third-order valence-electron chi connectivity index (χ3n) is 5.10. The van der Waals surface area contributed by atoms with E-state index < -0.39 is 0 Å². The Morgan fingerprint density at radius 3 is 2.32 bits per heavy atom. The first-order valence-electron chi connectivity index (χ1n) is 9.98. The summed E-state index contributed by atoms with van der Waals surface area (Å²) in [6.07, 6.45) is 1.85. The minimum absolute atomic E-state index is 0.103. The van der Waals surface area contributed by atoms with Gasteiger partial charge in [0.2, 0.25) is 5.91 Å². The Morgan fingerprint density at radius 1 is 0.839 bits per heavy atom. The van der Waals surface area contributed by atoms with Gasteiger partial charge in [-0.2, -0.15) is 0 Å². The Balaban J connectivity index is 0.000000192. The summed E-state index contributed by atoms with van der Waals surface area (Å²) in [7, 11) is 0. The number of carbonyl (C=O) groups excluding carboxylic acids is 2. The van der Waals surface area contributed by atoms with E-state index in [1.807, 2.05) is 84.9 Å². The van der Waals surface area contributed by atoms with Crippen LogP contribution in [0.2, 0.25) is 0 Å². The van der Waals surface area contributed by atoms with Crippen LogP contribution in [0.4, 0.5) is 0 Å². The van der Waals surface area contributed by atoms with Crippen molar-refractivity contribution in [1.29, 1.82) is 0 Å². The molecule has 0 bridgehead atoms. The number of hydrogen-bond donors (Lipinski definition) is 1. The molecule has 0 fully saturated rings. The largest absolute Gasteiger partial charge is 0.370 e. The maximum absolute atomic E-state index is 11.4. The van der Waals surface area contributed by atoms with Gasteiger partial charge in [0.25, 0.3) is 5.91 Å². The number of fused-ring (bicyclic) bond motifs is 2. The van der Waals surface area contributed by atoms with E-state index >= 15 is 0 Å². The Bertz CT molecular complexity index is 1270. The smallest absolute Gasteiger partial charge is 0.277 e. The van der Waals surface area contributed by atoms with E-state index in [4.69, 9.17) is 10.7 Å². The molecule has 0 spiro atoms. The number of nitrogens with zero attached hydrogens (tertiary/aromatic N) is 2. The lowest BCUT2D eigenvalue weighted by atomic mass is 9.91. The van der Waals surface area contributed by atoms with Gasteiger partial charge in [0, 0.05) is 35.2 Å². The number of hydrogen-bond acceptors (Lipinski definition) is 3. The van der Waals surface area contributed by atoms with Crippen LogP contribution in [0.25, 0.3) is 10.9 Å². The van der Waals surface area contributed by atoms with E-state index in [0.717, 1.165) is 27.7 Å². The van der Waals surface area contributed by atoms with Gasteiger partial charge in [-0.25, -0.2) is 4.99 Å². The highest BCUT2D eigenvalue weighted by Crippen LogP contribution is 2.27. The summed E-state index contributed by atoms with van der Waals surface area (Å²) in [6, 6.07) is 29.2. The molecule has 0 saturated heterocycles. The average molecular weight is 407 g/mol. The summed E-state index contributed by atoms with van der Waals surface area (Å²) in [5, 5.41) is 1.09. The van der Waals surface area contributed by atoms with Gasteiger partial charge < -0.3 is 5.73 Å². The Labute approximate surface area is 180 Å². The Kier molecular flexibility index (Phi) is 5.94. The predicted octanol–water partition coefficient (Wildman–Crippen LogP) is 4.50. The number of nitrogens with two attached hydrogens (primary N) is 1.